The highest BCUT2D eigenvalue weighted by atomic mass is 19.4. The zero-order chi connectivity index (χ0) is 22.3. The number of likely N-dealkylation sites (N-methyl/N-ethyl adjacent to an activating group) is 1. The Morgan fingerprint density at radius 2 is 1.94 bits per heavy atom. The summed E-state index contributed by atoms with van der Waals surface area (Å²) in [5.74, 6) is -5.07. The Hall–Kier alpha value is -2.23. The van der Waals surface area contributed by atoms with Crippen LogP contribution in [0.1, 0.15) is 47.9 Å². The van der Waals surface area contributed by atoms with Crippen molar-refractivity contribution in [2.45, 2.75) is 45.3 Å². The molecule has 3 heterocycles. The number of alkyl halides is 3. The largest absolute Gasteiger partial charge is 0.415 e. The summed E-state index contributed by atoms with van der Waals surface area (Å²) in [4.78, 5) is 16.9. The third-order valence-corrected chi connectivity index (χ3v) is 6.73. The number of likely N-dealkylation sites (tertiary alicyclic amines) is 1. The number of hydrogen-bond acceptors (Lipinski definition) is 3. The Morgan fingerprint density at radius 3 is 2.58 bits per heavy atom. The van der Waals surface area contributed by atoms with E-state index in [-0.39, 0.29) is 25.4 Å². The summed E-state index contributed by atoms with van der Waals surface area (Å²) < 4.78 is 67.7. The first-order valence-electron chi connectivity index (χ1n) is 10.6. The summed E-state index contributed by atoms with van der Waals surface area (Å²) in [6.45, 7) is 5.06. The van der Waals surface area contributed by atoms with Gasteiger partial charge in [-0.2, -0.15) is 18.3 Å². The van der Waals surface area contributed by atoms with Gasteiger partial charge in [0, 0.05) is 31.7 Å². The van der Waals surface area contributed by atoms with Crippen LogP contribution in [0.25, 0.3) is 0 Å². The second-order valence-electron chi connectivity index (χ2n) is 8.40. The van der Waals surface area contributed by atoms with E-state index in [1.165, 1.54) is 0 Å². The normalized spacial score (nSPS) is 23.7. The minimum Gasteiger partial charge on any atom is -0.337 e. The number of H-pyrrole nitrogens is 1. The second-order valence-corrected chi connectivity index (χ2v) is 8.40. The number of nitrogens with zero attached hydrogens (tertiary/aromatic N) is 3. The van der Waals surface area contributed by atoms with Gasteiger partial charge in [0.05, 0.1) is 11.3 Å². The topological polar surface area (TPSA) is 52.2 Å². The number of carbonyl (C=O) groups excluding carboxylic acids is 1. The number of allylic oxidation sites excluding steroid dienone is 4. The Balaban J connectivity index is 1.44. The molecule has 0 radical (unpaired) electrons. The van der Waals surface area contributed by atoms with Gasteiger partial charge >= 0.3 is 6.18 Å². The van der Waals surface area contributed by atoms with Gasteiger partial charge in [0.2, 0.25) is 0 Å². The van der Waals surface area contributed by atoms with Crippen LogP contribution >= 0.6 is 0 Å². The molecule has 0 saturated carbocycles. The molecule has 1 aromatic rings. The van der Waals surface area contributed by atoms with Crippen LogP contribution in [0, 0.1) is 11.8 Å². The smallest absolute Gasteiger partial charge is 0.337 e. The molecule has 2 aliphatic heterocycles. The molecule has 10 heteroatoms. The molecular formula is C21H25F5N4O. The average molecular weight is 444 g/mol. The fourth-order valence-electron chi connectivity index (χ4n) is 4.97. The lowest BCUT2D eigenvalue weighted by Gasteiger charge is -2.38. The van der Waals surface area contributed by atoms with E-state index in [4.69, 9.17) is 0 Å². The molecule has 1 aliphatic carbocycles. The average Bonchev–Trinajstić information content (AvgIpc) is 3.17. The SMILES string of the molecule is CCN1CCc2c(C(=O)N3CCC(C4CC=C(F)C(F)=C4C(F)(F)F)CC3)n[nH]c2C1. The first-order chi connectivity index (χ1) is 14.7. The van der Waals surface area contributed by atoms with Crippen LogP contribution in [-0.2, 0) is 13.0 Å². The number of halogens is 5. The molecule has 1 aromatic heterocycles. The number of nitrogens with one attached hydrogen (secondary N) is 1. The molecule has 170 valence electrons. The van der Waals surface area contributed by atoms with Gasteiger partial charge in [0.1, 0.15) is 0 Å². The quantitative estimate of drug-likeness (QED) is 0.708. The Labute approximate surface area is 177 Å². The molecular weight excluding hydrogens is 419 g/mol. The van der Waals surface area contributed by atoms with E-state index in [1.54, 1.807) is 4.90 Å². The lowest BCUT2D eigenvalue weighted by molar-refractivity contribution is -0.105. The van der Waals surface area contributed by atoms with E-state index >= 15 is 0 Å². The van der Waals surface area contributed by atoms with E-state index in [2.05, 4.69) is 22.0 Å². The van der Waals surface area contributed by atoms with Gasteiger partial charge in [0.25, 0.3) is 5.91 Å². The summed E-state index contributed by atoms with van der Waals surface area (Å²) in [6, 6.07) is 0. The molecule has 31 heavy (non-hydrogen) atoms. The molecule has 1 N–H and O–H groups in total. The van der Waals surface area contributed by atoms with E-state index in [0.29, 0.717) is 25.1 Å². The van der Waals surface area contributed by atoms with Crippen molar-refractivity contribution in [3.63, 3.8) is 0 Å². The van der Waals surface area contributed by atoms with Gasteiger partial charge in [-0.05, 0) is 50.1 Å². The van der Waals surface area contributed by atoms with E-state index in [9.17, 15) is 26.7 Å². The van der Waals surface area contributed by atoms with Gasteiger partial charge in [-0.1, -0.05) is 6.92 Å². The van der Waals surface area contributed by atoms with Gasteiger partial charge in [0.15, 0.2) is 17.3 Å². The maximum absolute atomic E-state index is 14.0. The number of piperidine rings is 1. The van der Waals surface area contributed by atoms with E-state index in [1.807, 2.05) is 0 Å². The fourth-order valence-corrected chi connectivity index (χ4v) is 4.97. The standard InChI is InChI=1S/C21H25F5N4O/c1-2-29-8-7-14-16(11-29)27-28-19(14)20(31)30-9-5-12(6-10-30)13-3-4-15(22)18(23)17(13)21(24,25)26/h4,12-13H,2-3,5-11H2,1H3,(H,27,28). The second kappa shape index (κ2) is 8.37. The van der Waals surface area contributed by atoms with Crippen molar-refractivity contribution in [1.82, 2.24) is 20.0 Å². The molecule has 3 aliphatic rings. The van der Waals surface area contributed by atoms with Gasteiger partial charge in [-0.3, -0.25) is 14.8 Å². The number of aromatic amines is 1. The van der Waals surface area contributed by atoms with Crippen LogP contribution in [0.4, 0.5) is 22.0 Å². The highest BCUT2D eigenvalue weighted by Gasteiger charge is 2.47. The summed E-state index contributed by atoms with van der Waals surface area (Å²) >= 11 is 0. The number of hydrogen-bond donors (Lipinski definition) is 1. The van der Waals surface area contributed by atoms with Gasteiger partial charge in [-0.25, -0.2) is 8.78 Å². The fraction of sp³-hybridized carbons (Fsp3) is 0.619. The van der Waals surface area contributed by atoms with Crippen LogP contribution in [0.3, 0.4) is 0 Å². The Kier molecular flexibility index (Phi) is 5.93. The van der Waals surface area contributed by atoms with Crippen molar-refractivity contribution in [3.05, 3.63) is 40.3 Å². The van der Waals surface area contributed by atoms with Crippen molar-refractivity contribution >= 4 is 5.91 Å². The summed E-state index contributed by atoms with van der Waals surface area (Å²) in [5.41, 5.74) is 0.819. The van der Waals surface area contributed by atoms with Crippen molar-refractivity contribution in [2.75, 3.05) is 26.2 Å². The third-order valence-electron chi connectivity index (χ3n) is 6.73. The van der Waals surface area contributed by atoms with Crippen LogP contribution in [0.5, 0.6) is 0 Å². The molecule has 1 fully saturated rings. The van der Waals surface area contributed by atoms with Crippen molar-refractivity contribution in [3.8, 4) is 0 Å². The van der Waals surface area contributed by atoms with Gasteiger partial charge in [-0.15, -0.1) is 0 Å². The Morgan fingerprint density at radius 1 is 1.23 bits per heavy atom. The number of rotatable bonds is 3. The lowest BCUT2D eigenvalue weighted by Crippen LogP contribution is -2.42. The van der Waals surface area contributed by atoms with Crippen LogP contribution < -0.4 is 0 Å². The molecule has 0 bridgehead atoms. The minimum atomic E-state index is -4.92. The predicted octanol–water partition coefficient (Wildman–Crippen LogP) is 4.30. The molecule has 5 nitrogen and oxygen atoms in total. The van der Waals surface area contributed by atoms with Crippen molar-refractivity contribution < 1.29 is 26.7 Å². The molecule has 0 spiro atoms. The number of aromatic nitrogens is 2. The molecule has 1 unspecified atom stereocenters. The van der Waals surface area contributed by atoms with Crippen LogP contribution in [0.15, 0.2) is 23.3 Å². The summed E-state index contributed by atoms with van der Waals surface area (Å²) in [6.07, 6.45) is -2.90. The third kappa shape index (κ3) is 4.14. The predicted molar refractivity (Wildman–Crippen MR) is 103 cm³/mol. The minimum absolute atomic E-state index is 0.187. The number of carbonyl (C=O) groups is 1. The van der Waals surface area contributed by atoms with Crippen molar-refractivity contribution in [1.29, 1.82) is 0 Å². The maximum atomic E-state index is 14.0. The summed E-state index contributed by atoms with van der Waals surface area (Å²) in [7, 11) is 0. The van der Waals surface area contributed by atoms with E-state index in [0.717, 1.165) is 36.8 Å². The molecule has 0 aromatic carbocycles. The lowest BCUT2D eigenvalue weighted by atomic mass is 9.75. The van der Waals surface area contributed by atoms with E-state index < -0.39 is 35.2 Å². The molecule has 4 rings (SSSR count). The number of fused-ring (bicyclic) bond motifs is 1. The molecule has 1 atom stereocenters. The molecule has 1 amide bonds. The van der Waals surface area contributed by atoms with Crippen molar-refractivity contribution in [2.24, 2.45) is 11.8 Å². The first kappa shape index (κ1) is 22.0. The zero-order valence-electron chi connectivity index (χ0n) is 17.2. The molecule has 1 saturated heterocycles. The number of amides is 1. The monoisotopic (exact) mass is 444 g/mol. The highest BCUT2D eigenvalue weighted by Crippen LogP contribution is 2.46. The zero-order valence-corrected chi connectivity index (χ0v) is 17.2. The first-order valence-corrected chi connectivity index (χ1v) is 10.6. The van der Waals surface area contributed by atoms with Gasteiger partial charge < -0.3 is 4.90 Å². The summed E-state index contributed by atoms with van der Waals surface area (Å²) in [5, 5.41) is 7.16. The Bertz CT molecular complexity index is 911. The highest BCUT2D eigenvalue weighted by molar-refractivity contribution is 5.94. The van der Waals surface area contributed by atoms with Crippen LogP contribution in [-0.4, -0.2) is 58.3 Å². The maximum Gasteiger partial charge on any atom is 0.415 e. The van der Waals surface area contributed by atoms with Crippen LogP contribution in [0.2, 0.25) is 0 Å².